The van der Waals surface area contributed by atoms with Gasteiger partial charge < -0.3 is 18.6 Å². The normalized spacial score (nSPS) is 11.4. The number of fused-ring (bicyclic) bond motifs is 2. The van der Waals surface area contributed by atoms with Crippen molar-refractivity contribution in [3.05, 3.63) is 81.6 Å². The molecule has 3 aromatic carbocycles. The average molecular weight is 490 g/mol. The van der Waals surface area contributed by atoms with E-state index in [1.807, 2.05) is 6.07 Å². The van der Waals surface area contributed by atoms with Gasteiger partial charge >= 0.3 is 0 Å². The standard InChI is InChI=1S/C26H20ClN3O5/c1-32-21-10-15(11-22(33-2)24(21)34-3)14-28-30-25(29-19-7-5-4-6-18(19)26(30)31)23-13-16-12-17(27)8-9-20(16)35-23/h4-14H,1-3H3. The SMILES string of the molecule is COc1cc(C=Nn2c(-c3cc4cc(Cl)ccc4o3)nc3ccccc3c2=O)cc(OC)c1OC. The Labute approximate surface area is 204 Å². The molecule has 0 saturated carbocycles. The van der Waals surface area contributed by atoms with E-state index in [4.69, 9.17) is 30.2 Å². The van der Waals surface area contributed by atoms with Crippen molar-refractivity contribution in [1.29, 1.82) is 0 Å². The quantitative estimate of drug-likeness (QED) is 0.298. The van der Waals surface area contributed by atoms with Crippen LogP contribution in [-0.2, 0) is 0 Å². The molecule has 176 valence electrons. The fourth-order valence-corrected chi connectivity index (χ4v) is 4.00. The highest BCUT2D eigenvalue weighted by Gasteiger charge is 2.17. The fraction of sp³-hybridized carbons (Fsp3) is 0.115. The Morgan fingerprint density at radius 3 is 2.43 bits per heavy atom. The van der Waals surface area contributed by atoms with Crippen molar-refractivity contribution in [2.45, 2.75) is 0 Å². The summed E-state index contributed by atoms with van der Waals surface area (Å²) < 4.78 is 23.4. The topological polar surface area (TPSA) is 88.1 Å². The number of hydrogen-bond acceptors (Lipinski definition) is 7. The van der Waals surface area contributed by atoms with Gasteiger partial charge in [0.25, 0.3) is 5.56 Å². The maximum atomic E-state index is 13.4. The molecule has 8 nitrogen and oxygen atoms in total. The minimum absolute atomic E-state index is 0.254. The Morgan fingerprint density at radius 2 is 1.71 bits per heavy atom. The molecule has 2 heterocycles. The Morgan fingerprint density at radius 1 is 0.971 bits per heavy atom. The summed E-state index contributed by atoms with van der Waals surface area (Å²) in [7, 11) is 4.59. The third kappa shape index (κ3) is 4.08. The molecule has 5 aromatic rings. The number of aromatic nitrogens is 2. The Bertz CT molecular complexity index is 1630. The molecule has 0 aliphatic rings. The van der Waals surface area contributed by atoms with E-state index >= 15 is 0 Å². The van der Waals surface area contributed by atoms with Gasteiger partial charge in [0.05, 0.1) is 38.4 Å². The number of benzene rings is 3. The largest absolute Gasteiger partial charge is 0.493 e. The Kier molecular flexibility index (Phi) is 5.88. The fourth-order valence-electron chi connectivity index (χ4n) is 3.82. The van der Waals surface area contributed by atoms with Gasteiger partial charge in [-0.1, -0.05) is 23.7 Å². The second-order valence-electron chi connectivity index (χ2n) is 7.57. The summed E-state index contributed by atoms with van der Waals surface area (Å²) in [4.78, 5) is 18.1. The molecule has 0 bridgehead atoms. The first-order chi connectivity index (χ1) is 17.0. The molecule has 0 aliphatic heterocycles. The van der Waals surface area contributed by atoms with Crippen LogP contribution in [-0.4, -0.2) is 37.2 Å². The van der Waals surface area contributed by atoms with Crippen molar-refractivity contribution < 1.29 is 18.6 Å². The number of hydrogen-bond donors (Lipinski definition) is 0. The summed E-state index contributed by atoms with van der Waals surface area (Å²) in [6.45, 7) is 0. The summed E-state index contributed by atoms with van der Waals surface area (Å²) in [6.07, 6.45) is 1.52. The van der Waals surface area contributed by atoms with Gasteiger partial charge in [-0.15, -0.1) is 0 Å². The van der Waals surface area contributed by atoms with E-state index in [0.29, 0.717) is 50.1 Å². The predicted octanol–water partition coefficient (Wildman–Crippen LogP) is 5.37. The third-order valence-corrected chi connectivity index (χ3v) is 5.70. The highest BCUT2D eigenvalue weighted by molar-refractivity contribution is 6.31. The molecule has 0 fully saturated rings. The molecule has 2 aromatic heterocycles. The van der Waals surface area contributed by atoms with Gasteiger partial charge in [0.2, 0.25) is 11.6 Å². The van der Waals surface area contributed by atoms with Crippen molar-refractivity contribution in [2.24, 2.45) is 5.10 Å². The monoisotopic (exact) mass is 489 g/mol. The van der Waals surface area contributed by atoms with Crippen LogP contribution in [0.1, 0.15) is 5.56 Å². The van der Waals surface area contributed by atoms with Crippen LogP contribution >= 0.6 is 11.6 Å². The van der Waals surface area contributed by atoms with Crippen LogP contribution in [0.3, 0.4) is 0 Å². The second kappa shape index (κ2) is 9.15. The number of nitrogens with zero attached hydrogens (tertiary/aromatic N) is 3. The molecular weight excluding hydrogens is 470 g/mol. The lowest BCUT2D eigenvalue weighted by Gasteiger charge is -2.12. The smallest absolute Gasteiger partial charge is 0.282 e. The van der Waals surface area contributed by atoms with E-state index in [2.05, 4.69) is 10.1 Å². The van der Waals surface area contributed by atoms with Gasteiger partial charge in [0.1, 0.15) is 5.58 Å². The second-order valence-corrected chi connectivity index (χ2v) is 8.00. The van der Waals surface area contributed by atoms with Crippen LogP contribution < -0.4 is 19.8 Å². The minimum atomic E-state index is -0.340. The van der Waals surface area contributed by atoms with Crippen LogP contribution in [0.5, 0.6) is 17.2 Å². The molecular formula is C26H20ClN3O5. The molecule has 9 heteroatoms. The maximum absolute atomic E-state index is 13.4. The number of furan rings is 1. The first kappa shape index (κ1) is 22.5. The zero-order valence-corrected chi connectivity index (χ0v) is 19.9. The minimum Gasteiger partial charge on any atom is -0.493 e. The highest BCUT2D eigenvalue weighted by atomic mass is 35.5. The van der Waals surface area contributed by atoms with Crippen molar-refractivity contribution in [1.82, 2.24) is 9.66 Å². The molecule has 0 radical (unpaired) electrons. The van der Waals surface area contributed by atoms with Gasteiger partial charge in [-0.25, -0.2) is 4.98 Å². The summed E-state index contributed by atoms with van der Waals surface area (Å²) in [6, 6.07) is 17.6. The molecule has 0 unspecified atom stereocenters. The number of ether oxygens (including phenoxy) is 3. The summed E-state index contributed by atoms with van der Waals surface area (Å²) in [5, 5.41) is 6.27. The number of halogens is 1. The lowest BCUT2D eigenvalue weighted by Crippen LogP contribution is -2.20. The van der Waals surface area contributed by atoms with Crippen molar-refractivity contribution >= 4 is 39.7 Å². The molecule has 0 atom stereocenters. The molecule has 0 N–H and O–H groups in total. The first-order valence-corrected chi connectivity index (χ1v) is 11.0. The van der Waals surface area contributed by atoms with Crippen LogP contribution in [0.25, 0.3) is 33.5 Å². The van der Waals surface area contributed by atoms with E-state index in [0.717, 1.165) is 5.39 Å². The Hall–Kier alpha value is -4.30. The van der Waals surface area contributed by atoms with Crippen LogP contribution in [0.4, 0.5) is 0 Å². The third-order valence-electron chi connectivity index (χ3n) is 5.46. The lowest BCUT2D eigenvalue weighted by atomic mass is 10.2. The molecule has 0 amide bonds. The van der Waals surface area contributed by atoms with Crippen molar-refractivity contribution in [3.8, 4) is 28.8 Å². The van der Waals surface area contributed by atoms with E-state index < -0.39 is 0 Å². The maximum Gasteiger partial charge on any atom is 0.282 e. The van der Waals surface area contributed by atoms with E-state index in [1.165, 1.54) is 32.2 Å². The predicted molar refractivity (Wildman–Crippen MR) is 135 cm³/mol. The van der Waals surface area contributed by atoms with Gasteiger partial charge in [0.15, 0.2) is 17.3 Å². The van der Waals surface area contributed by atoms with Gasteiger partial charge in [-0.3, -0.25) is 4.79 Å². The van der Waals surface area contributed by atoms with Gasteiger partial charge in [-0.2, -0.15) is 9.78 Å². The summed E-state index contributed by atoms with van der Waals surface area (Å²) in [5.41, 5.74) is 1.44. The van der Waals surface area contributed by atoms with Crippen LogP contribution in [0.15, 0.2) is 75.0 Å². The number of rotatable bonds is 6. The summed E-state index contributed by atoms with van der Waals surface area (Å²) >= 11 is 6.13. The first-order valence-electron chi connectivity index (χ1n) is 10.6. The Balaban J connectivity index is 1.70. The van der Waals surface area contributed by atoms with Crippen molar-refractivity contribution in [2.75, 3.05) is 21.3 Å². The zero-order chi connectivity index (χ0) is 24.5. The molecule has 0 aliphatic carbocycles. The summed E-state index contributed by atoms with van der Waals surface area (Å²) in [5.74, 6) is 2.02. The molecule has 0 spiro atoms. The lowest BCUT2D eigenvalue weighted by molar-refractivity contribution is 0.324. The van der Waals surface area contributed by atoms with E-state index in [9.17, 15) is 4.79 Å². The average Bonchev–Trinajstić information content (AvgIpc) is 3.30. The number of para-hydroxylation sites is 1. The number of methoxy groups -OCH3 is 3. The highest BCUT2D eigenvalue weighted by Crippen LogP contribution is 2.38. The molecule has 0 saturated heterocycles. The van der Waals surface area contributed by atoms with Crippen LogP contribution in [0.2, 0.25) is 5.02 Å². The van der Waals surface area contributed by atoms with Crippen LogP contribution in [0, 0.1) is 0 Å². The molecule has 5 rings (SSSR count). The molecule has 35 heavy (non-hydrogen) atoms. The van der Waals surface area contributed by atoms with E-state index in [-0.39, 0.29) is 11.4 Å². The van der Waals surface area contributed by atoms with E-state index in [1.54, 1.807) is 54.6 Å². The van der Waals surface area contributed by atoms with Gasteiger partial charge in [-0.05, 0) is 48.5 Å². The van der Waals surface area contributed by atoms with Crippen molar-refractivity contribution in [3.63, 3.8) is 0 Å². The van der Waals surface area contributed by atoms with Gasteiger partial charge in [0, 0.05) is 16.0 Å². The zero-order valence-electron chi connectivity index (χ0n) is 19.1.